The number of nitrogens with zero attached hydrogens (tertiary/aromatic N) is 5. The number of nitrogens with one attached hydrogen (secondary N) is 1. The highest BCUT2D eigenvalue weighted by Gasteiger charge is 2.43. The first-order valence-electron chi connectivity index (χ1n) is 10.7. The van der Waals surface area contributed by atoms with Crippen LogP contribution in [-0.4, -0.2) is 48.0 Å². The fourth-order valence-electron chi connectivity index (χ4n) is 3.66. The minimum Gasteiger partial charge on any atom is -0.380 e. The predicted octanol–water partition coefficient (Wildman–Crippen LogP) is 3.77. The second-order valence-electron chi connectivity index (χ2n) is 7.62. The maximum Gasteiger partial charge on any atom is 0.252 e. The lowest BCUT2D eigenvalue weighted by Crippen LogP contribution is -2.45. The van der Waals surface area contributed by atoms with Gasteiger partial charge in [-0.05, 0) is 41.8 Å². The van der Waals surface area contributed by atoms with E-state index in [1.54, 1.807) is 0 Å². The van der Waals surface area contributed by atoms with Crippen LogP contribution in [0.15, 0.2) is 24.4 Å². The Morgan fingerprint density at radius 2 is 2.03 bits per heavy atom. The van der Waals surface area contributed by atoms with E-state index in [1.165, 1.54) is 19.3 Å². The highest BCUT2D eigenvalue weighted by Crippen LogP contribution is 2.35. The number of benzene rings is 1. The summed E-state index contributed by atoms with van der Waals surface area (Å²) in [5.41, 5.74) is -1.53. The smallest absolute Gasteiger partial charge is 0.252 e. The SMILES string of the molecule is CC.Cn1nnc(-c2c(F)cc(Cl)cc2-c2cnc(CNC(=O)C3(O)CCC(F)C3)c(F)c2)n1. The number of tetrazole rings is 1. The molecule has 1 saturated carbocycles. The highest BCUT2D eigenvalue weighted by molar-refractivity contribution is 6.31. The maximum absolute atomic E-state index is 14.7. The minimum atomic E-state index is -1.81. The van der Waals surface area contributed by atoms with Crippen LogP contribution in [0.5, 0.6) is 0 Å². The van der Waals surface area contributed by atoms with Gasteiger partial charge >= 0.3 is 0 Å². The Kier molecular flexibility index (Phi) is 7.88. The molecule has 3 aromatic rings. The molecule has 34 heavy (non-hydrogen) atoms. The zero-order chi connectivity index (χ0) is 25.0. The first-order valence-corrected chi connectivity index (χ1v) is 11.1. The summed E-state index contributed by atoms with van der Waals surface area (Å²) in [5, 5.41) is 24.2. The van der Waals surface area contributed by atoms with Crippen LogP contribution in [-0.2, 0) is 18.4 Å². The van der Waals surface area contributed by atoms with Gasteiger partial charge in [0, 0.05) is 23.2 Å². The van der Waals surface area contributed by atoms with Crippen LogP contribution in [0.1, 0.15) is 38.8 Å². The van der Waals surface area contributed by atoms with Gasteiger partial charge in [0.1, 0.15) is 23.4 Å². The Labute approximate surface area is 199 Å². The third-order valence-electron chi connectivity index (χ3n) is 5.28. The predicted molar refractivity (Wildman–Crippen MR) is 119 cm³/mol. The van der Waals surface area contributed by atoms with Crippen molar-refractivity contribution < 1.29 is 23.1 Å². The van der Waals surface area contributed by atoms with Crippen molar-refractivity contribution in [2.24, 2.45) is 7.05 Å². The number of aryl methyl sites for hydroxylation is 1. The van der Waals surface area contributed by atoms with Crippen LogP contribution in [0.3, 0.4) is 0 Å². The average molecular weight is 497 g/mol. The van der Waals surface area contributed by atoms with Crippen LogP contribution >= 0.6 is 11.6 Å². The third kappa shape index (κ3) is 5.36. The number of alkyl halides is 1. The molecular weight excluding hydrogens is 473 g/mol. The summed E-state index contributed by atoms with van der Waals surface area (Å²) in [7, 11) is 1.52. The molecule has 182 valence electrons. The summed E-state index contributed by atoms with van der Waals surface area (Å²) in [5.74, 6) is -2.28. The summed E-state index contributed by atoms with van der Waals surface area (Å²) in [6.07, 6.45) is -0.181. The van der Waals surface area contributed by atoms with E-state index >= 15 is 0 Å². The van der Waals surface area contributed by atoms with Crippen molar-refractivity contribution in [1.82, 2.24) is 30.5 Å². The maximum atomic E-state index is 14.7. The first kappa shape index (κ1) is 25.6. The Morgan fingerprint density at radius 3 is 2.62 bits per heavy atom. The number of aromatic nitrogens is 5. The van der Waals surface area contributed by atoms with Crippen LogP contribution in [0.2, 0.25) is 5.02 Å². The Bertz CT molecular complexity index is 1190. The van der Waals surface area contributed by atoms with Gasteiger partial charge in [0.2, 0.25) is 5.82 Å². The lowest BCUT2D eigenvalue weighted by atomic mass is 9.99. The van der Waals surface area contributed by atoms with Crippen molar-refractivity contribution in [3.8, 4) is 22.5 Å². The van der Waals surface area contributed by atoms with Crippen molar-refractivity contribution in [3.63, 3.8) is 0 Å². The van der Waals surface area contributed by atoms with Crippen molar-refractivity contribution in [1.29, 1.82) is 0 Å². The topological polar surface area (TPSA) is 106 Å². The number of amides is 1. The van der Waals surface area contributed by atoms with Crippen LogP contribution in [0, 0.1) is 11.6 Å². The minimum absolute atomic E-state index is 0.00559. The molecule has 2 atom stereocenters. The van der Waals surface area contributed by atoms with Crippen molar-refractivity contribution >= 4 is 17.5 Å². The van der Waals surface area contributed by atoms with E-state index in [-0.39, 0.29) is 59.0 Å². The Hall–Kier alpha value is -3.05. The van der Waals surface area contributed by atoms with E-state index in [0.717, 1.165) is 16.9 Å². The molecule has 2 heterocycles. The Morgan fingerprint density at radius 1 is 1.29 bits per heavy atom. The van der Waals surface area contributed by atoms with E-state index in [4.69, 9.17) is 11.6 Å². The molecule has 2 N–H and O–H groups in total. The van der Waals surface area contributed by atoms with Gasteiger partial charge in [-0.3, -0.25) is 9.78 Å². The Balaban J connectivity index is 0.00000158. The molecule has 1 aliphatic rings. The molecule has 0 bridgehead atoms. The molecule has 0 saturated heterocycles. The molecule has 1 amide bonds. The van der Waals surface area contributed by atoms with Gasteiger partial charge < -0.3 is 10.4 Å². The van der Waals surface area contributed by atoms with E-state index in [1.807, 2.05) is 13.8 Å². The molecule has 0 spiro atoms. The molecule has 1 fully saturated rings. The third-order valence-corrected chi connectivity index (χ3v) is 5.50. The monoisotopic (exact) mass is 496 g/mol. The molecule has 0 aliphatic heterocycles. The molecule has 0 radical (unpaired) electrons. The second kappa shape index (κ2) is 10.5. The summed E-state index contributed by atoms with van der Waals surface area (Å²) in [6, 6.07) is 3.62. The van der Waals surface area contributed by atoms with Gasteiger partial charge in [-0.25, -0.2) is 13.2 Å². The van der Waals surface area contributed by atoms with E-state index in [9.17, 15) is 23.1 Å². The normalized spacial score (nSPS) is 19.5. The fraction of sp³-hybridized carbons (Fsp3) is 0.409. The van der Waals surface area contributed by atoms with E-state index in [2.05, 4.69) is 25.7 Å². The van der Waals surface area contributed by atoms with Crippen LogP contribution < -0.4 is 5.32 Å². The second-order valence-corrected chi connectivity index (χ2v) is 8.06. The average Bonchev–Trinajstić information content (AvgIpc) is 3.38. The lowest BCUT2D eigenvalue weighted by Gasteiger charge is -2.20. The standard InChI is InChI=1S/C20H18ClF3N6O2.C2H6/c1-30-28-18(27-29-30)17-13(5-11(21)6-15(17)24)10-4-14(23)16(25-8-10)9-26-19(31)20(32)3-2-12(22)7-20;1-2/h4-6,8,12,32H,2-3,7,9H2,1H3,(H,26,31);1-2H3. The molecular formula is C22H24ClF3N6O2. The number of carbonyl (C=O) groups excluding carboxylic acids is 1. The van der Waals surface area contributed by atoms with Gasteiger partial charge in [-0.15, -0.1) is 10.2 Å². The molecule has 1 aromatic carbocycles. The molecule has 1 aliphatic carbocycles. The number of aliphatic hydroxyl groups is 1. The molecule has 4 rings (SSSR count). The number of pyridine rings is 1. The molecule has 2 unspecified atom stereocenters. The quantitative estimate of drug-likeness (QED) is 0.557. The van der Waals surface area contributed by atoms with Gasteiger partial charge in [0.15, 0.2) is 0 Å². The van der Waals surface area contributed by atoms with Crippen LogP contribution in [0.25, 0.3) is 22.5 Å². The highest BCUT2D eigenvalue weighted by atomic mass is 35.5. The van der Waals surface area contributed by atoms with Gasteiger partial charge in [0.05, 0.1) is 24.8 Å². The number of carbonyl (C=O) groups is 1. The number of rotatable bonds is 5. The van der Waals surface area contributed by atoms with Gasteiger partial charge in [0.25, 0.3) is 5.91 Å². The van der Waals surface area contributed by atoms with Crippen molar-refractivity contribution in [2.45, 2.75) is 51.4 Å². The van der Waals surface area contributed by atoms with Crippen molar-refractivity contribution in [2.75, 3.05) is 0 Å². The largest absolute Gasteiger partial charge is 0.380 e. The zero-order valence-corrected chi connectivity index (χ0v) is 19.6. The molecule has 8 nitrogen and oxygen atoms in total. The summed E-state index contributed by atoms with van der Waals surface area (Å²) >= 11 is 5.99. The van der Waals surface area contributed by atoms with Crippen LogP contribution in [0.4, 0.5) is 13.2 Å². The number of halogens is 4. The van der Waals surface area contributed by atoms with Crippen molar-refractivity contribution in [3.05, 3.63) is 46.7 Å². The van der Waals surface area contributed by atoms with Gasteiger partial charge in [-0.2, -0.15) is 4.80 Å². The zero-order valence-electron chi connectivity index (χ0n) is 18.8. The first-order chi connectivity index (χ1) is 16.2. The number of hydrogen-bond acceptors (Lipinski definition) is 6. The van der Waals surface area contributed by atoms with E-state index < -0.39 is 29.3 Å². The molecule has 2 aromatic heterocycles. The number of hydrogen-bond donors (Lipinski definition) is 2. The van der Waals surface area contributed by atoms with Gasteiger partial charge in [-0.1, -0.05) is 25.4 Å². The summed E-state index contributed by atoms with van der Waals surface area (Å²) in [4.78, 5) is 17.4. The lowest BCUT2D eigenvalue weighted by molar-refractivity contribution is -0.139. The fourth-order valence-corrected chi connectivity index (χ4v) is 3.86. The molecule has 12 heteroatoms. The summed E-state index contributed by atoms with van der Waals surface area (Å²) < 4.78 is 42.8. The van der Waals surface area contributed by atoms with E-state index in [0.29, 0.717) is 0 Å². The summed E-state index contributed by atoms with van der Waals surface area (Å²) in [6.45, 7) is 3.69.